The van der Waals surface area contributed by atoms with Crippen LogP contribution in [0, 0.1) is 25.5 Å². The first kappa shape index (κ1) is 15.9. The van der Waals surface area contributed by atoms with Crippen LogP contribution in [0.3, 0.4) is 0 Å². The number of nitrogens with one attached hydrogen (secondary N) is 1. The molecule has 2 rings (SSSR count). The van der Waals surface area contributed by atoms with E-state index in [0.29, 0.717) is 5.56 Å². The molecular formula is C14H12BrF2NO2S. The molecule has 3 nitrogen and oxygen atoms in total. The second-order valence-electron chi connectivity index (χ2n) is 4.62. The average Bonchev–Trinajstić information content (AvgIpc) is 2.35. The van der Waals surface area contributed by atoms with Gasteiger partial charge in [-0.1, -0.05) is 17.7 Å². The summed E-state index contributed by atoms with van der Waals surface area (Å²) in [6, 6.07) is 6.53. The maximum absolute atomic E-state index is 13.2. The molecular weight excluding hydrogens is 364 g/mol. The summed E-state index contributed by atoms with van der Waals surface area (Å²) in [7, 11) is -3.88. The van der Waals surface area contributed by atoms with E-state index in [1.54, 1.807) is 19.1 Å². The molecule has 0 spiro atoms. The van der Waals surface area contributed by atoms with Crippen molar-refractivity contribution in [3.63, 3.8) is 0 Å². The van der Waals surface area contributed by atoms with Crippen LogP contribution in [0.4, 0.5) is 14.5 Å². The van der Waals surface area contributed by atoms with E-state index in [0.717, 1.165) is 17.7 Å². The van der Waals surface area contributed by atoms with Gasteiger partial charge in [-0.05, 0) is 47.5 Å². The minimum absolute atomic E-state index is 0.0612. The van der Waals surface area contributed by atoms with Crippen LogP contribution in [0.1, 0.15) is 11.1 Å². The second-order valence-corrected chi connectivity index (χ2v) is 7.13. The molecule has 21 heavy (non-hydrogen) atoms. The summed E-state index contributed by atoms with van der Waals surface area (Å²) >= 11 is 3.00. The number of hydrogen-bond acceptors (Lipinski definition) is 2. The van der Waals surface area contributed by atoms with Gasteiger partial charge in [-0.3, -0.25) is 4.72 Å². The van der Waals surface area contributed by atoms with E-state index in [1.807, 2.05) is 6.92 Å². The van der Waals surface area contributed by atoms with Gasteiger partial charge in [0.05, 0.1) is 10.6 Å². The van der Waals surface area contributed by atoms with Crippen LogP contribution < -0.4 is 4.72 Å². The van der Waals surface area contributed by atoms with Gasteiger partial charge in [-0.2, -0.15) is 0 Å². The Morgan fingerprint density at radius 3 is 2.29 bits per heavy atom. The predicted octanol–water partition coefficient (Wildman–Crippen LogP) is 4.14. The van der Waals surface area contributed by atoms with Gasteiger partial charge in [0.2, 0.25) is 0 Å². The van der Waals surface area contributed by atoms with Crippen molar-refractivity contribution < 1.29 is 17.2 Å². The standard InChI is InChI=1S/C14H12BrF2NO2S/c1-8-3-4-14(9(2)5-8)21(19,20)18-13-7-12(17)11(16)6-10(13)15/h3-7,18H,1-2H3. The fourth-order valence-corrected chi connectivity index (χ4v) is 3.75. The second kappa shape index (κ2) is 5.73. The van der Waals surface area contributed by atoms with E-state index in [9.17, 15) is 17.2 Å². The van der Waals surface area contributed by atoms with Crippen molar-refractivity contribution in [1.29, 1.82) is 0 Å². The minimum Gasteiger partial charge on any atom is -0.278 e. The van der Waals surface area contributed by atoms with Crippen molar-refractivity contribution in [1.82, 2.24) is 0 Å². The number of benzene rings is 2. The third-order valence-corrected chi connectivity index (χ3v) is 5.06. The fourth-order valence-electron chi connectivity index (χ4n) is 1.90. The number of aryl methyl sites for hydroxylation is 2. The van der Waals surface area contributed by atoms with Gasteiger partial charge in [-0.25, -0.2) is 17.2 Å². The van der Waals surface area contributed by atoms with Crippen molar-refractivity contribution in [3.05, 3.63) is 57.6 Å². The Bertz CT molecular complexity index is 807. The normalized spacial score (nSPS) is 11.5. The van der Waals surface area contributed by atoms with E-state index in [2.05, 4.69) is 20.7 Å². The molecule has 0 amide bonds. The van der Waals surface area contributed by atoms with Gasteiger partial charge < -0.3 is 0 Å². The Hall–Kier alpha value is -1.47. The summed E-state index contributed by atoms with van der Waals surface area (Å²) in [5.74, 6) is -2.19. The summed E-state index contributed by atoms with van der Waals surface area (Å²) in [6.07, 6.45) is 0. The average molecular weight is 376 g/mol. The van der Waals surface area contributed by atoms with Crippen LogP contribution in [-0.2, 0) is 10.0 Å². The number of anilines is 1. The van der Waals surface area contributed by atoms with Crippen LogP contribution in [0.5, 0.6) is 0 Å². The Morgan fingerprint density at radius 1 is 1.05 bits per heavy atom. The smallest absolute Gasteiger partial charge is 0.262 e. The predicted molar refractivity (Wildman–Crippen MR) is 80.8 cm³/mol. The Balaban J connectivity index is 2.45. The molecule has 0 aliphatic carbocycles. The van der Waals surface area contributed by atoms with Crippen LogP contribution in [0.2, 0.25) is 0 Å². The van der Waals surface area contributed by atoms with Gasteiger partial charge in [-0.15, -0.1) is 0 Å². The molecule has 0 radical (unpaired) electrons. The lowest BCUT2D eigenvalue weighted by atomic mass is 10.2. The molecule has 0 saturated heterocycles. The molecule has 2 aromatic carbocycles. The molecule has 0 unspecified atom stereocenters. The molecule has 0 heterocycles. The van der Waals surface area contributed by atoms with E-state index in [-0.39, 0.29) is 15.1 Å². The fraction of sp³-hybridized carbons (Fsp3) is 0.143. The Kier molecular flexibility index (Phi) is 4.34. The first-order chi connectivity index (χ1) is 9.70. The highest BCUT2D eigenvalue weighted by Crippen LogP contribution is 2.28. The maximum Gasteiger partial charge on any atom is 0.262 e. The maximum atomic E-state index is 13.2. The van der Waals surface area contributed by atoms with Crippen molar-refractivity contribution in [2.45, 2.75) is 18.7 Å². The molecule has 0 atom stereocenters. The summed E-state index contributed by atoms with van der Waals surface area (Å²) < 4.78 is 53.3. The SMILES string of the molecule is Cc1ccc(S(=O)(=O)Nc2cc(F)c(F)cc2Br)c(C)c1. The van der Waals surface area contributed by atoms with Crippen LogP contribution in [0.25, 0.3) is 0 Å². The van der Waals surface area contributed by atoms with Crippen molar-refractivity contribution in [2.24, 2.45) is 0 Å². The Labute approximate surface area is 130 Å². The number of sulfonamides is 1. The molecule has 2 aromatic rings. The van der Waals surface area contributed by atoms with Crippen LogP contribution >= 0.6 is 15.9 Å². The summed E-state index contributed by atoms with van der Waals surface area (Å²) in [4.78, 5) is 0.0877. The van der Waals surface area contributed by atoms with Crippen LogP contribution in [0.15, 0.2) is 39.7 Å². The molecule has 112 valence electrons. The van der Waals surface area contributed by atoms with Gasteiger partial charge in [0, 0.05) is 10.5 Å². The van der Waals surface area contributed by atoms with Gasteiger partial charge in [0.15, 0.2) is 11.6 Å². The lowest BCUT2D eigenvalue weighted by Crippen LogP contribution is -2.15. The highest BCUT2D eigenvalue weighted by Gasteiger charge is 2.19. The number of halogens is 3. The first-order valence-electron chi connectivity index (χ1n) is 5.95. The zero-order chi connectivity index (χ0) is 15.8. The zero-order valence-electron chi connectivity index (χ0n) is 11.2. The molecule has 0 aromatic heterocycles. The lowest BCUT2D eigenvalue weighted by molar-refractivity contribution is 0.508. The third-order valence-electron chi connectivity index (χ3n) is 2.87. The van der Waals surface area contributed by atoms with E-state index in [1.165, 1.54) is 6.07 Å². The molecule has 0 fully saturated rings. The van der Waals surface area contributed by atoms with Gasteiger partial charge in [0.1, 0.15) is 0 Å². The lowest BCUT2D eigenvalue weighted by Gasteiger charge is -2.12. The first-order valence-corrected chi connectivity index (χ1v) is 8.23. The highest BCUT2D eigenvalue weighted by molar-refractivity contribution is 9.10. The number of hydrogen-bond donors (Lipinski definition) is 1. The zero-order valence-corrected chi connectivity index (χ0v) is 13.6. The van der Waals surface area contributed by atoms with Crippen molar-refractivity contribution >= 4 is 31.6 Å². The van der Waals surface area contributed by atoms with Gasteiger partial charge >= 0.3 is 0 Å². The summed E-state index contributed by atoms with van der Waals surface area (Å²) in [5, 5.41) is 0. The highest BCUT2D eigenvalue weighted by atomic mass is 79.9. The molecule has 0 saturated carbocycles. The number of rotatable bonds is 3. The van der Waals surface area contributed by atoms with Crippen molar-refractivity contribution in [3.8, 4) is 0 Å². The van der Waals surface area contributed by atoms with E-state index >= 15 is 0 Å². The molecule has 0 aliphatic rings. The molecule has 1 N–H and O–H groups in total. The van der Waals surface area contributed by atoms with E-state index < -0.39 is 21.7 Å². The Morgan fingerprint density at radius 2 is 1.67 bits per heavy atom. The minimum atomic E-state index is -3.88. The summed E-state index contributed by atoms with van der Waals surface area (Å²) in [6.45, 7) is 3.52. The molecule has 7 heteroatoms. The summed E-state index contributed by atoms with van der Waals surface area (Å²) in [5.41, 5.74) is 1.44. The van der Waals surface area contributed by atoms with E-state index in [4.69, 9.17) is 0 Å². The quantitative estimate of drug-likeness (QED) is 0.819. The largest absolute Gasteiger partial charge is 0.278 e. The van der Waals surface area contributed by atoms with Crippen LogP contribution in [-0.4, -0.2) is 8.42 Å². The molecule has 0 bridgehead atoms. The van der Waals surface area contributed by atoms with Crippen molar-refractivity contribution in [2.75, 3.05) is 4.72 Å². The van der Waals surface area contributed by atoms with Gasteiger partial charge in [0.25, 0.3) is 10.0 Å². The molecule has 0 aliphatic heterocycles. The third kappa shape index (κ3) is 3.41. The monoisotopic (exact) mass is 375 g/mol. The topological polar surface area (TPSA) is 46.2 Å².